The predicted octanol–water partition coefficient (Wildman–Crippen LogP) is 2.02. The Bertz CT molecular complexity index is 414. The molecule has 118 valence electrons. The van der Waals surface area contributed by atoms with Gasteiger partial charge < -0.3 is 11.1 Å². The van der Waals surface area contributed by atoms with Crippen molar-refractivity contribution in [3.63, 3.8) is 0 Å². The second-order valence-electron chi connectivity index (χ2n) is 5.07. The maximum absolute atomic E-state index is 11.8. The van der Waals surface area contributed by atoms with E-state index in [1.165, 1.54) is 25.5 Å². The van der Waals surface area contributed by atoms with Crippen LogP contribution in [-0.4, -0.2) is 23.6 Å². The highest BCUT2D eigenvalue weighted by molar-refractivity contribution is 5.95. The van der Waals surface area contributed by atoms with E-state index in [1.807, 2.05) is 0 Å². The standard InChI is InChI=1S/C16H26N2O3/c1-4-5-6-7-8-9-15(20)18-14(11-10-12(2)19)13(3)16(17)21/h10-11,14H,3-9H2,1-2H3,(H2,17,21)(H,18,20)/b11-10+/t14-/m0/s1. The van der Waals surface area contributed by atoms with Gasteiger partial charge in [-0.3, -0.25) is 14.4 Å². The molecule has 5 heteroatoms. The summed E-state index contributed by atoms with van der Waals surface area (Å²) in [4.78, 5) is 33.9. The molecule has 0 saturated heterocycles. The number of allylic oxidation sites excluding steroid dienone is 1. The van der Waals surface area contributed by atoms with Gasteiger partial charge in [-0.1, -0.05) is 45.3 Å². The molecule has 0 aliphatic rings. The van der Waals surface area contributed by atoms with E-state index >= 15 is 0 Å². The van der Waals surface area contributed by atoms with Crippen LogP contribution in [0.5, 0.6) is 0 Å². The molecule has 0 aliphatic heterocycles. The highest BCUT2D eigenvalue weighted by Gasteiger charge is 2.16. The summed E-state index contributed by atoms with van der Waals surface area (Å²) >= 11 is 0. The zero-order chi connectivity index (χ0) is 16.3. The summed E-state index contributed by atoms with van der Waals surface area (Å²) in [7, 11) is 0. The fourth-order valence-electron chi connectivity index (χ4n) is 1.77. The molecule has 0 aromatic rings. The highest BCUT2D eigenvalue weighted by atomic mass is 16.2. The van der Waals surface area contributed by atoms with E-state index in [2.05, 4.69) is 18.8 Å². The third-order valence-corrected chi connectivity index (χ3v) is 3.04. The quantitative estimate of drug-likeness (QED) is 0.451. The molecule has 0 aromatic carbocycles. The molecular weight excluding hydrogens is 268 g/mol. The van der Waals surface area contributed by atoms with Gasteiger partial charge in [0.15, 0.2) is 5.78 Å². The molecule has 1 atom stereocenters. The number of primary amides is 1. The zero-order valence-electron chi connectivity index (χ0n) is 13.0. The van der Waals surface area contributed by atoms with Crippen LogP contribution in [0.4, 0.5) is 0 Å². The molecule has 0 fully saturated rings. The van der Waals surface area contributed by atoms with Crippen molar-refractivity contribution in [2.75, 3.05) is 0 Å². The van der Waals surface area contributed by atoms with E-state index < -0.39 is 11.9 Å². The molecule has 3 N–H and O–H groups in total. The van der Waals surface area contributed by atoms with Gasteiger partial charge in [0.1, 0.15) is 0 Å². The fraction of sp³-hybridized carbons (Fsp3) is 0.562. The Balaban J connectivity index is 4.39. The third-order valence-electron chi connectivity index (χ3n) is 3.04. The monoisotopic (exact) mass is 294 g/mol. The fourth-order valence-corrected chi connectivity index (χ4v) is 1.77. The van der Waals surface area contributed by atoms with Crippen molar-refractivity contribution in [2.45, 2.75) is 58.4 Å². The number of unbranched alkanes of at least 4 members (excludes halogenated alkanes) is 4. The summed E-state index contributed by atoms with van der Waals surface area (Å²) in [6.07, 6.45) is 8.37. The van der Waals surface area contributed by atoms with Gasteiger partial charge in [-0.25, -0.2) is 0 Å². The van der Waals surface area contributed by atoms with Crippen LogP contribution in [0, 0.1) is 0 Å². The number of hydrogen-bond donors (Lipinski definition) is 2. The first kappa shape index (κ1) is 19.1. The molecule has 0 spiro atoms. The first-order chi connectivity index (χ1) is 9.88. The average Bonchev–Trinajstić information content (AvgIpc) is 2.42. The Labute approximate surface area is 126 Å². The molecule has 0 aliphatic carbocycles. The van der Waals surface area contributed by atoms with Crippen molar-refractivity contribution in [3.8, 4) is 0 Å². The lowest BCUT2D eigenvalue weighted by atomic mass is 10.1. The van der Waals surface area contributed by atoms with Gasteiger partial charge in [0.25, 0.3) is 0 Å². The van der Waals surface area contributed by atoms with Gasteiger partial charge in [0, 0.05) is 12.0 Å². The van der Waals surface area contributed by atoms with Gasteiger partial charge >= 0.3 is 0 Å². The van der Waals surface area contributed by atoms with Crippen LogP contribution in [-0.2, 0) is 14.4 Å². The van der Waals surface area contributed by atoms with Crippen LogP contribution in [0.25, 0.3) is 0 Å². The van der Waals surface area contributed by atoms with Crippen LogP contribution in [0.1, 0.15) is 52.4 Å². The second-order valence-corrected chi connectivity index (χ2v) is 5.07. The van der Waals surface area contributed by atoms with Gasteiger partial charge in [-0.05, 0) is 19.4 Å². The highest BCUT2D eigenvalue weighted by Crippen LogP contribution is 2.06. The molecule has 0 unspecified atom stereocenters. The van der Waals surface area contributed by atoms with Crippen molar-refractivity contribution in [1.82, 2.24) is 5.32 Å². The lowest BCUT2D eigenvalue weighted by molar-refractivity contribution is -0.121. The maximum Gasteiger partial charge on any atom is 0.246 e. The number of carbonyl (C=O) groups is 3. The summed E-state index contributed by atoms with van der Waals surface area (Å²) in [5, 5.41) is 2.67. The molecule has 0 heterocycles. The smallest absolute Gasteiger partial charge is 0.246 e. The molecule has 2 amide bonds. The number of ketones is 1. The van der Waals surface area contributed by atoms with Crippen molar-refractivity contribution in [2.24, 2.45) is 5.73 Å². The van der Waals surface area contributed by atoms with Crippen LogP contribution in [0.3, 0.4) is 0 Å². The molecule has 21 heavy (non-hydrogen) atoms. The lowest BCUT2D eigenvalue weighted by Gasteiger charge is -2.15. The van der Waals surface area contributed by atoms with E-state index in [4.69, 9.17) is 5.73 Å². The van der Waals surface area contributed by atoms with E-state index in [9.17, 15) is 14.4 Å². The minimum Gasteiger partial charge on any atom is -0.366 e. The van der Waals surface area contributed by atoms with E-state index in [-0.39, 0.29) is 17.3 Å². The topological polar surface area (TPSA) is 89.3 Å². The minimum absolute atomic E-state index is 0.0619. The minimum atomic E-state index is -0.727. The van der Waals surface area contributed by atoms with E-state index in [0.717, 1.165) is 25.7 Å². The van der Waals surface area contributed by atoms with Gasteiger partial charge in [-0.15, -0.1) is 0 Å². The van der Waals surface area contributed by atoms with Crippen LogP contribution >= 0.6 is 0 Å². The molecule has 0 saturated carbocycles. The summed E-state index contributed by atoms with van der Waals surface area (Å²) < 4.78 is 0. The predicted molar refractivity (Wildman–Crippen MR) is 83.5 cm³/mol. The number of rotatable bonds is 11. The number of nitrogens with one attached hydrogen (secondary N) is 1. The molecule has 0 radical (unpaired) electrons. The van der Waals surface area contributed by atoms with Crippen molar-refractivity contribution in [3.05, 3.63) is 24.3 Å². The molecular formula is C16H26N2O3. The molecule has 5 nitrogen and oxygen atoms in total. The number of amides is 2. The van der Waals surface area contributed by atoms with E-state index in [1.54, 1.807) is 0 Å². The van der Waals surface area contributed by atoms with Crippen molar-refractivity contribution < 1.29 is 14.4 Å². The second kappa shape index (κ2) is 10.8. The number of nitrogens with two attached hydrogens (primary N) is 1. The Morgan fingerprint density at radius 1 is 1.19 bits per heavy atom. The Hall–Kier alpha value is -1.91. The summed E-state index contributed by atoms with van der Waals surface area (Å²) in [5.41, 5.74) is 5.23. The Morgan fingerprint density at radius 2 is 1.81 bits per heavy atom. The van der Waals surface area contributed by atoms with Gasteiger partial charge in [0.05, 0.1) is 6.04 Å². The largest absolute Gasteiger partial charge is 0.366 e. The molecule has 0 rings (SSSR count). The van der Waals surface area contributed by atoms with Gasteiger partial charge in [-0.2, -0.15) is 0 Å². The van der Waals surface area contributed by atoms with Crippen LogP contribution in [0.2, 0.25) is 0 Å². The van der Waals surface area contributed by atoms with Crippen LogP contribution in [0.15, 0.2) is 24.3 Å². The number of carbonyl (C=O) groups excluding carboxylic acids is 3. The first-order valence-electron chi connectivity index (χ1n) is 7.35. The summed E-state index contributed by atoms with van der Waals surface area (Å²) in [6.45, 7) is 7.07. The Morgan fingerprint density at radius 3 is 2.33 bits per heavy atom. The van der Waals surface area contributed by atoms with Gasteiger partial charge in [0.2, 0.25) is 11.8 Å². The molecule has 0 bridgehead atoms. The number of hydrogen-bond acceptors (Lipinski definition) is 3. The maximum atomic E-state index is 11.8. The lowest BCUT2D eigenvalue weighted by Crippen LogP contribution is -2.38. The third kappa shape index (κ3) is 9.60. The normalized spacial score (nSPS) is 12.1. The van der Waals surface area contributed by atoms with E-state index in [0.29, 0.717) is 6.42 Å². The summed E-state index contributed by atoms with van der Waals surface area (Å²) in [6, 6.07) is -0.727. The van der Waals surface area contributed by atoms with Crippen molar-refractivity contribution >= 4 is 17.6 Å². The first-order valence-corrected chi connectivity index (χ1v) is 7.35. The molecule has 0 aromatic heterocycles. The summed E-state index contributed by atoms with van der Waals surface area (Å²) in [5.74, 6) is -1.05. The zero-order valence-corrected chi connectivity index (χ0v) is 13.0. The van der Waals surface area contributed by atoms with Crippen molar-refractivity contribution in [1.29, 1.82) is 0 Å². The van der Waals surface area contributed by atoms with Crippen LogP contribution < -0.4 is 11.1 Å². The SMILES string of the molecule is C=C(C(N)=O)[C@H](/C=C/C(C)=O)NC(=O)CCCCCCC. The average molecular weight is 294 g/mol. The Kier molecular flexibility index (Phi) is 9.84.